The average molecular weight is 854 g/mol. The van der Waals surface area contributed by atoms with Gasteiger partial charge in [-0.05, 0) is 78.9 Å². The molecule has 3 aliphatic heterocycles. The molecule has 0 spiro atoms. The number of hydrogen-bond donors (Lipinski definition) is 2. The van der Waals surface area contributed by atoms with Crippen molar-refractivity contribution >= 4 is 63.9 Å². The number of nitrogens with zero attached hydrogens (tertiary/aromatic N) is 3. The number of rotatable bonds is 9. The summed E-state index contributed by atoms with van der Waals surface area (Å²) in [5, 5.41) is 13.6. The van der Waals surface area contributed by atoms with Crippen molar-refractivity contribution in [3.05, 3.63) is 112 Å². The number of carbonyl (C=O) groups is 4. The molecule has 4 fully saturated rings. The van der Waals surface area contributed by atoms with E-state index in [9.17, 15) is 14.7 Å². The van der Waals surface area contributed by atoms with Crippen LogP contribution in [0.2, 0.25) is 10.0 Å². The number of anilines is 3. The second-order valence-corrected chi connectivity index (χ2v) is 16.4. The highest BCUT2D eigenvalue weighted by atomic mass is 35.5. The summed E-state index contributed by atoms with van der Waals surface area (Å²) in [4.78, 5) is 63.5. The number of ether oxygens (including phenoxy) is 4. The number of nitrogens with one attached hydrogen (secondary N) is 1. The first kappa shape index (κ1) is 39.7. The average Bonchev–Trinajstić information content (AvgIpc) is 3.65. The summed E-state index contributed by atoms with van der Waals surface area (Å²) < 4.78 is 22.5. The van der Waals surface area contributed by atoms with Gasteiger partial charge in [0.2, 0.25) is 11.8 Å². The number of methoxy groups -OCH3 is 3. The predicted octanol–water partition coefficient (Wildman–Crippen LogP) is 6.75. The maximum atomic E-state index is 15.7. The standard InChI is InChI=1S/C45H42Cl2N4O9/c1-57-28-11-4-24(5-12-28)45-33(42(54)51(44(45)56)48-35-15-6-25(46)20-34(35)47)23-32-30(40(45)39-36(52)21-29(58-2)22-37(39)59-3)13-14-31-38(32)43(55)50(41(31)53)27-9-7-26(8-10-27)49-16-18-60-19-17-49/h4-13,15,20-22,31-33,38,40,48,52H,14,16-19,23H2,1-3H3/t31-,32+,33-,38-,40+,45+/m0/s1. The number of morpholine rings is 1. The SMILES string of the molecule is COc1ccc([C@@]23C(=O)N(Nc4ccc(Cl)cc4Cl)C(=O)[C@@H]2C[C@@H]2C(=CC[C@@H]4C(=O)N(c5ccc(N6CCOCC6)cc5)C(=O)[C@@H]42)[C@@H]3c2c(O)cc(OC)cc2OC)cc1. The zero-order valence-electron chi connectivity index (χ0n) is 33.0. The van der Waals surface area contributed by atoms with E-state index < -0.39 is 46.8 Å². The molecular formula is C45H42Cl2N4O9. The lowest BCUT2D eigenvalue weighted by Gasteiger charge is -2.50. The van der Waals surface area contributed by atoms with E-state index in [1.807, 2.05) is 18.2 Å². The number of amides is 4. The third kappa shape index (κ3) is 6.08. The second kappa shape index (κ2) is 15.4. The molecule has 0 bridgehead atoms. The molecule has 3 saturated heterocycles. The summed E-state index contributed by atoms with van der Waals surface area (Å²) in [5.74, 6) is -5.60. The number of imide groups is 2. The van der Waals surface area contributed by atoms with Crippen LogP contribution in [0.15, 0.2) is 90.5 Å². The predicted molar refractivity (Wildman–Crippen MR) is 224 cm³/mol. The van der Waals surface area contributed by atoms with Crippen LogP contribution in [0.3, 0.4) is 0 Å². The van der Waals surface area contributed by atoms with Crippen LogP contribution in [0.25, 0.3) is 0 Å². The van der Waals surface area contributed by atoms with Crippen molar-refractivity contribution in [2.24, 2.45) is 23.7 Å². The molecule has 4 amide bonds. The van der Waals surface area contributed by atoms with Crippen molar-refractivity contribution in [2.45, 2.75) is 24.2 Å². The van der Waals surface area contributed by atoms with Gasteiger partial charge in [-0.1, -0.05) is 47.0 Å². The van der Waals surface area contributed by atoms with E-state index in [0.29, 0.717) is 46.6 Å². The van der Waals surface area contributed by atoms with Crippen molar-refractivity contribution in [2.75, 3.05) is 62.9 Å². The Hall–Kier alpha value is -5.76. The van der Waals surface area contributed by atoms with Gasteiger partial charge in [-0.25, -0.2) is 0 Å². The second-order valence-electron chi connectivity index (χ2n) is 15.6. The fraction of sp³-hybridized carbons (Fsp3) is 0.333. The van der Waals surface area contributed by atoms with Crippen LogP contribution in [0.1, 0.15) is 29.9 Å². The molecule has 13 nitrogen and oxygen atoms in total. The maximum Gasteiger partial charge on any atom is 0.260 e. The van der Waals surface area contributed by atoms with Gasteiger partial charge in [-0.15, -0.1) is 0 Å². The third-order valence-electron chi connectivity index (χ3n) is 12.9. The minimum absolute atomic E-state index is 0.0364. The first-order valence-electron chi connectivity index (χ1n) is 19.7. The molecular weight excluding hydrogens is 811 g/mol. The summed E-state index contributed by atoms with van der Waals surface area (Å²) in [7, 11) is 4.43. The number of allylic oxidation sites excluding steroid dienone is 2. The van der Waals surface area contributed by atoms with Gasteiger partial charge in [-0.3, -0.25) is 29.5 Å². The molecule has 5 aliphatic rings. The van der Waals surface area contributed by atoms with E-state index >= 15 is 9.59 Å². The molecule has 2 N–H and O–H groups in total. The number of fused-ring (bicyclic) bond motifs is 4. The first-order valence-corrected chi connectivity index (χ1v) is 20.5. The highest BCUT2D eigenvalue weighted by Gasteiger charge is 2.71. The van der Waals surface area contributed by atoms with Gasteiger partial charge < -0.3 is 29.0 Å². The lowest BCUT2D eigenvalue weighted by molar-refractivity contribution is -0.138. The van der Waals surface area contributed by atoms with Gasteiger partial charge in [0, 0.05) is 47.4 Å². The summed E-state index contributed by atoms with van der Waals surface area (Å²) in [5.41, 5.74) is 4.29. The minimum atomic E-state index is -1.72. The Morgan fingerprint density at radius 1 is 0.783 bits per heavy atom. The van der Waals surface area contributed by atoms with Gasteiger partial charge in [0.25, 0.3) is 11.8 Å². The number of phenols is 1. The molecule has 60 heavy (non-hydrogen) atoms. The summed E-state index contributed by atoms with van der Waals surface area (Å²) >= 11 is 12.8. The van der Waals surface area contributed by atoms with Crippen molar-refractivity contribution in [1.82, 2.24) is 5.01 Å². The highest BCUT2D eigenvalue weighted by molar-refractivity contribution is 6.36. The maximum absolute atomic E-state index is 15.7. The third-order valence-corrected chi connectivity index (χ3v) is 13.5. The number of phenolic OH excluding ortho intramolecular Hbond substituents is 1. The lowest BCUT2D eigenvalue weighted by Crippen LogP contribution is -2.53. The van der Waals surface area contributed by atoms with E-state index in [0.717, 1.165) is 23.8 Å². The molecule has 9 rings (SSSR count). The summed E-state index contributed by atoms with van der Waals surface area (Å²) in [6, 6.07) is 22.0. The number of carbonyl (C=O) groups excluding carboxylic acids is 4. The molecule has 0 radical (unpaired) electrons. The van der Waals surface area contributed by atoms with Crippen LogP contribution < -0.4 is 29.4 Å². The molecule has 310 valence electrons. The van der Waals surface area contributed by atoms with E-state index in [1.165, 1.54) is 38.4 Å². The van der Waals surface area contributed by atoms with E-state index in [1.54, 1.807) is 54.6 Å². The molecule has 6 atom stereocenters. The molecule has 4 aromatic rings. The van der Waals surface area contributed by atoms with Crippen LogP contribution in [0.4, 0.5) is 17.1 Å². The topological polar surface area (TPSA) is 147 Å². The zero-order valence-corrected chi connectivity index (χ0v) is 34.5. The van der Waals surface area contributed by atoms with Gasteiger partial charge >= 0.3 is 0 Å². The van der Waals surface area contributed by atoms with Crippen molar-refractivity contribution < 1.29 is 43.2 Å². The van der Waals surface area contributed by atoms with Gasteiger partial charge in [0.1, 0.15) is 23.0 Å². The molecule has 2 aliphatic carbocycles. The van der Waals surface area contributed by atoms with Gasteiger partial charge in [-0.2, -0.15) is 5.01 Å². The van der Waals surface area contributed by atoms with Crippen LogP contribution in [0.5, 0.6) is 23.0 Å². The van der Waals surface area contributed by atoms with E-state index in [4.69, 9.17) is 42.1 Å². The quantitative estimate of drug-likeness (QED) is 0.136. The number of aromatic hydroxyl groups is 1. The Morgan fingerprint density at radius 2 is 1.48 bits per heavy atom. The number of hydrazine groups is 1. The lowest BCUT2D eigenvalue weighted by atomic mass is 9.49. The minimum Gasteiger partial charge on any atom is -0.507 e. The Bertz CT molecular complexity index is 2440. The van der Waals surface area contributed by atoms with Crippen LogP contribution in [-0.2, 0) is 29.3 Å². The monoisotopic (exact) mass is 852 g/mol. The van der Waals surface area contributed by atoms with E-state index in [2.05, 4.69) is 10.3 Å². The number of benzene rings is 4. The summed E-state index contributed by atoms with van der Waals surface area (Å²) in [6.45, 7) is 2.70. The molecule has 1 saturated carbocycles. The smallest absolute Gasteiger partial charge is 0.260 e. The van der Waals surface area contributed by atoms with Crippen LogP contribution in [-0.4, -0.2) is 81.4 Å². The Morgan fingerprint density at radius 3 is 2.15 bits per heavy atom. The molecule has 0 unspecified atom stereocenters. The Balaban J connectivity index is 1.21. The number of hydrogen-bond acceptors (Lipinski definition) is 11. The van der Waals surface area contributed by atoms with Crippen molar-refractivity contribution in [3.63, 3.8) is 0 Å². The summed E-state index contributed by atoms with van der Waals surface area (Å²) in [6.07, 6.45) is 2.14. The highest BCUT2D eigenvalue weighted by Crippen LogP contribution is 2.66. The normalized spacial score (nSPS) is 26.1. The number of halogens is 2. The van der Waals surface area contributed by atoms with E-state index in [-0.39, 0.29) is 52.4 Å². The fourth-order valence-electron chi connectivity index (χ4n) is 10.2. The molecule has 0 aromatic heterocycles. The van der Waals surface area contributed by atoms with Crippen LogP contribution in [0, 0.1) is 23.7 Å². The zero-order chi connectivity index (χ0) is 42.0. The van der Waals surface area contributed by atoms with Crippen molar-refractivity contribution in [3.8, 4) is 23.0 Å². The largest absolute Gasteiger partial charge is 0.507 e. The first-order chi connectivity index (χ1) is 29.0. The van der Waals surface area contributed by atoms with Gasteiger partial charge in [0.05, 0.1) is 74.1 Å². The fourth-order valence-corrected chi connectivity index (χ4v) is 10.7. The van der Waals surface area contributed by atoms with Gasteiger partial charge in [0.15, 0.2) is 0 Å². The van der Waals surface area contributed by atoms with Crippen molar-refractivity contribution in [1.29, 1.82) is 0 Å². The molecule has 4 aromatic carbocycles. The Kier molecular flexibility index (Phi) is 10.2. The van der Waals surface area contributed by atoms with Crippen LogP contribution >= 0.6 is 23.2 Å². The molecule has 3 heterocycles. The molecule has 15 heteroatoms. The Labute approximate surface area is 356 Å².